The number of ketones is 2. The minimum atomic E-state index is -1.20. The Morgan fingerprint density at radius 2 is 1.75 bits per heavy atom. The van der Waals surface area contributed by atoms with E-state index >= 15 is 0 Å². The normalized spacial score (nSPS) is 18.4. The molecular formula is C24H28N2O6. The first-order valence-electron chi connectivity index (χ1n) is 10.2. The molecule has 2 atom stereocenters. The van der Waals surface area contributed by atoms with Gasteiger partial charge in [0.15, 0.2) is 17.3 Å². The van der Waals surface area contributed by atoms with E-state index in [0.717, 1.165) is 5.56 Å². The number of phenolic OH excluding ortho intramolecular Hbond substituents is 1. The van der Waals surface area contributed by atoms with E-state index in [2.05, 4.69) is 0 Å². The molecule has 0 spiro atoms. The maximum atomic E-state index is 13.5. The summed E-state index contributed by atoms with van der Waals surface area (Å²) in [5.41, 5.74) is 1.63. The molecule has 1 heterocycles. The number of aryl methyl sites for hydroxylation is 1. The molecule has 0 aliphatic carbocycles. The van der Waals surface area contributed by atoms with Crippen LogP contribution in [0.4, 0.5) is 0 Å². The number of rotatable bonds is 8. The first-order chi connectivity index (χ1) is 15.2. The summed E-state index contributed by atoms with van der Waals surface area (Å²) in [6.45, 7) is 2.60. The zero-order valence-corrected chi connectivity index (χ0v) is 18.9. The second kappa shape index (κ2) is 9.40. The van der Waals surface area contributed by atoms with Gasteiger partial charge in [-0.05, 0) is 62.5 Å². The van der Waals surface area contributed by atoms with Gasteiger partial charge in [0.05, 0.1) is 20.3 Å². The fourth-order valence-corrected chi connectivity index (χ4v) is 4.00. The van der Waals surface area contributed by atoms with Crippen LogP contribution in [0.1, 0.15) is 27.5 Å². The summed E-state index contributed by atoms with van der Waals surface area (Å²) in [7, 11) is 6.68. The zero-order valence-electron chi connectivity index (χ0n) is 18.9. The van der Waals surface area contributed by atoms with Crippen LogP contribution < -0.4 is 9.47 Å². The number of likely N-dealkylation sites (tertiary alicyclic amines) is 1. The highest BCUT2D eigenvalue weighted by Crippen LogP contribution is 2.41. The molecule has 170 valence electrons. The lowest BCUT2D eigenvalue weighted by molar-refractivity contribution is -0.140. The molecule has 1 saturated heterocycles. The molecule has 32 heavy (non-hydrogen) atoms. The van der Waals surface area contributed by atoms with E-state index in [9.17, 15) is 19.5 Å². The second-order valence-electron chi connectivity index (χ2n) is 8.07. The molecule has 3 rings (SSSR count). The summed E-state index contributed by atoms with van der Waals surface area (Å²) in [6, 6.07) is 8.74. The Labute approximate surface area is 187 Å². The van der Waals surface area contributed by atoms with Gasteiger partial charge in [0.1, 0.15) is 11.7 Å². The molecular weight excluding hydrogens is 412 g/mol. The standard InChI is InChI=1S/C24H28N2O6/c1-14-12-16(7-9-18(14)31-4)22(28)20-21(15-6-8-17(27)19(13-15)32-5)26(11-10-25(2)3)24(30)23(20)29/h6-9,12-13,20-21,27H,10-11H2,1-5H3. The number of hydrogen-bond acceptors (Lipinski definition) is 7. The van der Waals surface area contributed by atoms with E-state index in [0.29, 0.717) is 23.4 Å². The van der Waals surface area contributed by atoms with Gasteiger partial charge >= 0.3 is 0 Å². The van der Waals surface area contributed by atoms with E-state index in [1.807, 2.05) is 25.9 Å². The Morgan fingerprint density at radius 3 is 2.34 bits per heavy atom. The van der Waals surface area contributed by atoms with E-state index < -0.39 is 29.4 Å². The summed E-state index contributed by atoms with van der Waals surface area (Å²) >= 11 is 0. The topological polar surface area (TPSA) is 96.4 Å². The van der Waals surface area contributed by atoms with Gasteiger partial charge in [-0.15, -0.1) is 0 Å². The van der Waals surface area contributed by atoms with Crippen LogP contribution in [0.2, 0.25) is 0 Å². The summed E-state index contributed by atoms with van der Waals surface area (Å²) < 4.78 is 10.5. The van der Waals surface area contributed by atoms with Crippen molar-refractivity contribution in [1.82, 2.24) is 9.80 Å². The van der Waals surface area contributed by atoms with E-state index in [4.69, 9.17) is 9.47 Å². The number of ether oxygens (including phenoxy) is 2. The quantitative estimate of drug-likeness (QED) is 0.382. The van der Waals surface area contributed by atoms with Crippen molar-refractivity contribution in [3.05, 3.63) is 53.1 Å². The van der Waals surface area contributed by atoms with Crippen LogP contribution in [0.5, 0.6) is 17.2 Å². The highest BCUT2D eigenvalue weighted by atomic mass is 16.5. The van der Waals surface area contributed by atoms with Crippen molar-refractivity contribution in [2.75, 3.05) is 41.4 Å². The molecule has 2 aromatic rings. The number of carbonyl (C=O) groups is 3. The molecule has 0 radical (unpaired) electrons. The van der Waals surface area contributed by atoms with Gasteiger partial charge in [-0.25, -0.2) is 0 Å². The van der Waals surface area contributed by atoms with Crippen LogP contribution >= 0.6 is 0 Å². The van der Waals surface area contributed by atoms with Gasteiger partial charge < -0.3 is 24.4 Å². The highest BCUT2D eigenvalue weighted by Gasteiger charge is 2.51. The molecule has 2 unspecified atom stereocenters. The average Bonchev–Trinajstić information content (AvgIpc) is 3.02. The molecule has 1 fully saturated rings. The zero-order chi connectivity index (χ0) is 23.6. The monoisotopic (exact) mass is 440 g/mol. The van der Waals surface area contributed by atoms with Crippen molar-refractivity contribution < 1.29 is 29.0 Å². The number of methoxy groups -OCH3 is 2. The van der Waals surface area contributed by atoms with Crippen molar-refractivity contribution in [3.63, 3.8) is 0 Å². The predicted octanol–water partition coefficient (Wildman–Crippen LogP) is 2.23. The van der Waals surface area contributed by atoms with Crippen molar-refractivity contribution in [2.24, 2.45) is 5.92 Å². The molecule has 2 aromatic carbocycles. The van der Waals surface area contributed by atoms with Crippen LogP contribution in [-0.4, -0.2) is 73.8 Å². The molecule has 8 nitrogen and oxygen atoms in total. The van der Waals surface area contributed by atoms with Crippen molar-refractivity contribution >= 4 is 17.5 Å². The van der Waals surface area contributed by atoms with E-state index in [1.165, 1.54) is 18.1 Å². The number of Topliss-reactive ketones (excluding diaryl/α,β-unsaturated/α-hetero) is 2. The smallest absolute Gasteiger partial charge is 0.291 e. The third-order valence-electron chi connectivity index (χ3n) is 5.70. The third-order valence-corrected chi connectivity index (χ3v) is 5.70. The number of benzene rings is 2. The minimum absolute atomic E-state index is 0.0691. The lowest BCUT2D eigenvalue weighted by Crippen LogP contribution is -2.36. The van der Waals surface area contributed by atoms with Crippen molar-refractivity contribution in [3.8, 4) is 17.2 Å². The number of aromatic hydroxyl groups is 1. The molecule has 1 N–H and O–H groups in total. The molecule has 1 amide bonds. The Balaban J connectivity index is 2.09. The number of amides is 1. The van der Waals surface area contributed by atoms with Crippen molar-refractivity contribution in [1.29, 1.82) is 0 Å². The lowest BCUT2D eigenvalue weighted by Gasteiger charge is -2.28. The molecule has 0 saturated carbocycles. The maximum absolute atomic E-state index is 13.5. The predicted molar refractivity (Wildman–Crippen MR) is 118 cm³/mol. The molecule has 1 aliphatic rings. The van der Waals surface area contributed by atoms with E-state index in [1.54, 1.807) is 37.4 Å². The highest BCUT2D eigenvalue weighted by molar-refractivity contribution is 6.44. The third kappa shape index (κ3) is 4.31. The van der Waals surface area contributed by atoms with Gasteiger partial charge in [0.2, 0.25) is 5.78 Å². The first-order valence-corrected chi connectivity index (χ1v) is 10.2. The van der Waals surface area contributed by atoms with E-state index in [-0.39, 0.29) is 18.0 Å². The SMILES string of the molecule is COc1ccc(C(=O)C2C(=O)C(=O)N(CCN(C)C)C2c2ccc(O)c(OC)c2)cc1C. The average molecular weight is 440 g/mol. The largest absolute Gasteiger partial charge is 0.504 e. The fraction of sp³-hybridized carbons (Fsp3) is 0.375. The lowest BCUT2D eigenvalue weighted by atomic mass is 9.85. The summed E-state index contributed by atoms with van der Waals surface area (Å²) in [6.07, 6.45) is 0. The number of likely N-dealkylation sites (N-methyl/N-ethyl adjacent to an activating group) is 1. The van der Waals surface area contributed by atoms with Crippen LogP contribution in [0, 0.1) is 12.8 Å². The number of phenols is 1. The number of hydrogen-bond donors (Lipinski definition) is 1. The number of carbonyl (C=O) groups excluding carboxylic acids is 3. The minimum Gasteiger partial charge on any atom is -0.504 e. The van der Waals surface area contributed by atoms with Gasteiger partial charge in [-0.3, -0.25) is 14.4 Å². The molecule has 8 heteroatoms. The Kier molecular flexibility index (Phi) is 6.84. The summed E-state index contributed by atoms with van der Waals surface area (Å²) in [5, 5.41) is 10.00. The molecule has 1 aliphatic heterocycles. The van der Waals surface area contributed by atoms with Gasteiger partial charge in [-0.1, -0.05) is 6.07 Å². The van der Waals surface area contributed by atoms with Crippen LogP contribution in [0.15, 0.2) is 36.4 Å². The fourth-order valence-electron chi connectivity index (χ4n) is 4.00. The first kappa shape index (κ1) is 23.3. The van der Waals surface area contributed by atoms with Crippen LogP contribution in [-0.2, 0) is 9.59 Å². The summed E-state index contributed by atoms with van der Waals surface area (Å²) in [4.78, 5) is 42.8. The van der Waals surface area contributed by atoms with Gasteiger partial charge in [0, 0.05) is 18.7 Å². The Hall–Kier alpha value is -3.39. The second-order valence-corrected chi connectivity index (χ2v) is 8.07. The number of nitrogens with zero attached hydrogens (tertiary/aromatic N) is 2. The maximum Gasteiger partial charge on any atom is 0.291 e. The summed E-state index contributed by atoms with van der Waals surface area (Å²) in [5.74, 6) is -2.30. The Bertz CT molecular complexity index is 1050. The van der Waals surface area contributed by atoms with Crippen molar-refractivity contribution in [2.45, 2.75) is 13.0 Å². The van der Waals surface area contributed by atoms with Gasteiger partial charge in [-0.2, -0.15) is 0 Å². The van der Waals surface area contributed by atoms with Crippen LogP contribution in [0.3, 0.4) is 0 Å². The molecule has 0 bridgehead atoms. The Morgan fingerprint density at radius 1 is 1.06 bits per heavy atom. The molecule has 0 aromatic heterocycles. The van der Waals surface area contributed by atoms with Gasteiger partial charge in [0.25, 0.3) is 5.91 Å². The van der Waals surface area contributed by atoms with Crippen LogP contribution in [0.25, 0.3) is 0 Å².